The van der Waals surface area contributed by atoms with Gasteiger partial charge >= 0.3 is 11.9 Å². The van der Waals surface area contributed by atoms with Crippen LogP contribution in [0.3, 0.4) is 0 Å². The highest BCUT2D eigenvalue weighted by atomic mass is 28.4. The predicted molar refractivity (Wildman–Crippen MR) is 173 cm³/mol. The van der Waals surface area contributed by atoms with E-state index < -0.39 is 40.8 Å². The van der Waals surface area contributed by atoms with Gasteiger partial charge < -0.3 is 18.3 Å². The summed E-state index contributed by atoms with van der Waals surface area (Å²) >= 11 is 0. The van der Waals surface area contributed by atoms with E-state index in [-0.39, 0.29) is 43.4 Å². The molecule has 0 aliphatic heterocycles. The van der Waals surface area contributed by atoms with E-state index >= 15 is 0 Å². The fraction of sp³-hybridized carbons (Fsp3) is 0.938. The summed E-state index contributed by atoms with van der Waals surface area (Å²) in [5, 5.41) is -1.75. The van der Waals surface area contributed by atoms with Crippen LogP contribution in [0.2, 0.25) is 30.2 Å². The molecule has 0 radical (unpaired) electrons. The molecule has 0 aromatic carbocycles. The van der Waals surface area contributed by atoms with Crippen molar-refractivity contribution in [1.29, 1.82) is 0 Å². The van der Waals surface area contributed by atoms with E-state index in [1.54, 1.807) is 13.8 Å². The highest BCUT2D eigenvalue weighted by Crippen LogP contribution is 2.65. The molecule has 0 amide bonds. The summed E-state index contributed by atoms with van der Waals surface area (Å²) in [6, 6.07) is 0. The van der Waals surface area contributed by atoms with Crippen molar-refractivity contribution < 1.29 is 27.9 Å². The Balaban J connectivity index is 7.90. The van der Waals surface area contributed by atoms with Crippen molar-refractivity contribution in [3.05, 3.63) is 0 Å². The molecule has 2 atom stereocenters. The van der Waals surface area contributed by atoms with Crippen LogP contribution < -0.4 is 0 Å². The minimum absolute atomic E-state index is 0.170. The van der Waals surface area contributed by atoms with Crippen molar-refractivity contribution in [2.45, 2.75) is 181 Å². The molecule has 6 nitrogen and oxygen atoms in total. The summed E-state index contributed by atoms with van der Waals surface area (Å²) in [7, 11) is -5.95. The normalized spacial score (nSPS) is 16.4. The van der Waals surface area contributed by atoms with E-state index in [0.29, 0.717) is 0 Å². The molecule has 238 valence electrons. The molecule has 40 heavy (non-hydrogen) atoms. The Morgan fingerprint density at radius 1 is 0.450 bits per heavy atom. The average molecular weight is 603 g/mol. The molecule has 0 aromatic rings. The smallest absolute Gasteiger partial charge is 0.337 e. The monoisotopic (exact) mass is 602 g/mol. The van der Waals surface area contributed by atoms with Crippen LogP contribution in [0.1, 0.15) is 138 Å². The number of hydrogen-bond acceptors (Lipinski definition) is 6. The number of carbonyl (C=O) groups excluding carboxylic acids is 2. The van der Waals surface area contributed by atoms with E-state index in [1.807, 2.05) is 0 Å². The highest BCUT2D eigenvalue weighted by molar-refractivity contribution is 6.83. The SMILES string of the molecule is CCOC(=O)C(O[Si](C(C)(C)C)(C(C)(C)C)C(C)(C)C)C(O[Si](C(C)(C)C)(C(C)(C)C)C(C)(C)C)C(=O)OCC. The van der Waals surface area contributed by atoms with Gasteiger partial charge in [0.25, 0.3) is 0 Å². The quantitative estimate of drug-likeness (QED) is 0.193. The Morgan fingerprint density at radius 2 is 0.625 bits per heavy atom. The van der Waals surface area contributed by atoms with Gasteiger partial charge in [-0.1, -0.05) is 125 Å². The summed E-state index contributed by atoms with van der Waals surface area (Å²) in [5.74, 6) is -1.15. The molecule has 0 aliphatic carbocycles. The molecule has 0 rings (SSSR count). The molecule has 0 fully saturated rings. The van der Waals surface area contributed by atoms with Crippen molar-refractivity contribution in [2.24, 2.45) is 0 Å². The van der Waals surface area contributed by atoms with Crippen LogP contribution in [-0.4, -0.2) is 54.0 Å². The van der Waals surface area contributed by atoms with Gasteiger partial charge in [-0.2, -0.15) is 0 Å². The molecule has 0 N–H and O–H groups in total. The lowest BCUT2D eigenvalue weighted by atomic mass is 10.2. The zero-order valence-corrected chi connectivity index (χ0v) is 32.0. The van der Waals surface area contributed by atoms with Gasteiger partial charge in [-0.3, -0.25) is 0 Å². The maximum absolute atomic E-state index is 14.0. The zero-order valence-electron chi connectivity index (χ0n) is 30.0. The molecule has 0 heterocycles. The first-order valence-corrected chi connectivity index (χ1v) is 18.9. The van der Waals surface area contributed by atoms with Gasteiger partial charge in [0.15, 0.2) is 12.2 Å². The van der Waals surface area contributed by atoms with Gasteiger partial charge in [-0.25, -0.2) is 9.59 Å². The second kappa shape index (κ2) is 12.5. The number of esters is 2. The number of carbonyl (C=O) groups is 2. The van der Waals surface area contributed by atoms with Crippen molar-refractivity contribution >= 4 is 28.6 Å². The van der Waals surface area contributed by atoms with Crippen LogP contribution in [0.4, 0.5) is 0 Å². The summed E-state index contributed by atoms with van der Waals surface area (Å²) in [5.41, 5.74) is 0. The van der Waals surface area contributed by atoms with Crippen LogP contribution in [0.15, 0.2) is 0 Å². The van der Waals surface area contributed by atoms with E-state index in [1.165, 1.54) is 0 Å². The lowest BCUT2D eigenvalue weighted by Gasteiger charge is -2.61. The number of rotatable bonds is 9. The Morgan fingerprint density at radius 3 is 0.750 bits per heavy atom. The van der Waals surface area contributed by atoms with Crippen LogP contribution in [0.5, 0.6) is 0 Å². The van der Waals surface area contributed by atoms with Crippen molar-refractivity contribution in [3.8, 4) is 0 Å². The molecular formula is C32H66O6Si2. The second-order valence-electron chi connectivity index (χ2n) is 17.4. The lowest BCUT2D eigenvalue weighted by molar-refractivity contribution is -0.171. The standard InChI is InChI=1S/C32H66O6Si2/c1-21-35-25(33)23(37-39(27(3,4)5,28(6,7)8)29(9,10)11)24(26(34)36-22-2)38-40(30(12,13)14,31(15,16)17)32(18,19)20/h23-24H,21-22H2,1-20H3. The van der Waals surface area contributed by atoms with Gasteiger partial charge in [0.2, 0.25) is 16.6 Å². The molecule has 0 saturated carbocycles. The predicted octanol–water partition coefficient (Wildman–Crippen LogP) is 9.57. The Bertz CT molecular complexity index is 711. The molecule has 0 bridgehead atoms. The van der Waals surface area contributed by atoms with Crippen LogP contribution in [0, 0.1) is 0 Å². The number of ether oxygens (including phenoxy) is 2. The van der Waals surface area contributed by atoms with Gasteiger partial charge in [-0.05, 0) is 44.1 Å². The minimum atomic E-state index is -2.97. The molecule has 0 spiro atoms. The fourth-order valence-electron chi connectivity index (χ4n) is 9.11. The summed E-state index contributed by atoms with van der Waals surface area (Å²) in [6.07, 6.45) is -2.52. The third kappa shape index (κ3) is 7.43. The van der Waals surface area contributed by atoms with Gasteiger partial charge in [-0.15, -0.1) is 0 Å². The summed E-state index contributed by atoms with van der Waals surface area (Å²) in [4.78, 5) is 28.0. The van der Waals surface area contributed by atoms with Gasteiger partial charge in [0.05, 0.1) is 13.2 Å². The minimum Gasteiger partial charge on any atom is -0.464 e. The molecule has 0 saturated heterocycles. The van der Waals surface area contributed by atoms with Gasteiger partial charge in [0, 0.05) is 0 Å². The van der Waals surface area contributed by atoms with Crippen molar-refractivity contribution in [3.63, 3.8) is 0 Å². The Labute approximate surface area is 250 Å². The summed E-state index contributed by atoms with van der Waals surface area (Å²) in [6.45, 7) is 43.3. The third-order valence-corrected chi connectivity index (χ3v) is 22.1. The first kappa shape index (κ1) is 39.3. The average Bonchev–Trinajstić information content (AvgIpc) is 2.64. The second-order valence-corrected chi connectivity index (χ2v) is 29.6. The Hall–Kier alpha value is -0.706. The molecule has 2 unspecified atom stereocenters. The van der Waals surface area contributed by atoms with Crippen molar-refractivity contribution in [1.82, 2.24) is 0 Å². The van der Waals surface area contributed by atoms with E-state index in [9.17, 15) is 9.59 Å². The first-order valence-electron chi connectivity index (χ1n) is 15.1. The van der Waals surface area contributed by atoms with Crippen LogP contribution >= 0.6 is 0 Å². The maximum Gasteiger partial charge on any atom is 0.337 e. The van der Waals surface area contributed by atoms with Crippen LogP contribution in [0.25, 0.3) is 0 Å². The molecular weight excluding hydrogens is 537 g/mol. The van der Waals surface area contributed by atoms with Gasteiger partial charge in [0.1, 0.15) is 0 Å². The maximum atomic E-state index is 14.0. The number of hydrogen-bond donors (Lipinski definition) is 0. The first-order chi connectivity index (χ1) is 17.4. The molecule has 0 aromatic heterocycles. The van der Waals surface area contributed by atoms with E-state index in [0.717, 1.165) is 0 Å². The largest absolute Gasteiger partial charge is 0.464 e. The van der Waals surface area contributed by atoms with E-state index in [4.69, 9.17) is 18.3 Å². The topological polar surface area (TPSA) is 71.1 Å². The molecule has 8 heteroatoms. The third-order valence-electron chi connectivity index (χ3n) is 8.26. The highest BCUT2D eigenvalue weighted by Gasteiger charge is 2.67. The van der Waals surface area contributed by atoms with Crippen molar-refractivity contribution in [2.75, 3.05) is 13.2 Å². The fourth-order valence-corrected chi connectivity index (χ4v) is 25.9. The zero-order chi connectivity index (χ0) is 32.6. The van der Waals surface area contributed by atoms with Crippen LogP contribution in [-0.2, 0) is 27.9 Å². The lowest BCUT2D eigenvalue weighted by Crippen LogP contribution is -2.68. The summed E-state index contributed by atoms with van der Waals surface area (Å²) < 4.78 is 25.9. The van der Waals surface area contributed by atoms with E-state index in [2.05, 4.69) is 125 Å². The Kier molecular flexibility index (Phi) is 12.3. The molecule has 0 aliphatic rings.